The summed E-state index contributed by atoms with van der Waals surface area (Å²) in [5, 5.41) is 3.16. The number of likely N-dealkylation sites (tertiary alicyclic amines) is 1. The van der Waals surface area contributed by atoms with Crippen molar-refractivity contribution >= 4 is 5.91 Å². The first-order chi connectivity index (χ1) is 9.65. The molecule has 1 aliphatic carbocycles. The van der Waals surface area contributed by atoms with Crippen LogP contribution in [-0.4, -0.2) is 36.5 Å². The van der Waals surface area contributed by atoms with Crippen molar-refractivity contribution < 1.29 is 4.79 Å². The van der Waals surface area contributed by atoms with Crippen LogP contribution in [0.5, 0.6) is 0 Å². The first kappa shape index (κ1) is 15.8. The number of nitrogens with zero attached hydrogens (tertiary/aromatic N) is 1. The Labute approximate surface area is 124 Å². The van der Waals surface area contributed by atoms with Crippen LogP contribution in [0.4, 0.5) is 0 Å². The zero-order valence-corrected chi connectivity index (χ0v) is 13.4. The molecule has 0 aromatic carbocycles. The fraction of sp³-hybridized carbons (Fsp3) is 0.941. The lowest BCUT2D eigenvalue weighted by molar-refractivity contribution is -0.121. The highest BCUT2D eigenvalue weighted by atomic mass is 16.1. The van der Waals surface area contributed by atoms with Crippen LogP contribution in [0.1, 0.15) is 65.2 Å². The normalized spacial score (nSPS) is 22.6. The molecule has 0 radical (unpaired) electrons. The summed E-state index contributed by atoms with van der Waals surface area (Å²) in [7, 11) is 0. The minimum absolute atomic E-state index is 0.281. The van der Waals surface area contributed by atoms with E-state index in [0.717, 1.165) is 25.3 Å². The second-order valence-electron chi connectivity index (χ2n) is 7.07. The van der Waals surface area contributed by atoms with Gasteiger partial charge in [-0.15, -0.1) is 0 Å². The molecular formula is C17H32N2O. The van der Waals surface area contributed by atoms with Crippen LogP contribution < -0.4 is 5.32 Å². The molecule has 1 N–H and O–H groups in total. The third-order valence-corrected chi connectivity index (χ3v) is 5.22. The number of nitrogens with one attached hydrogen (secondary N) is 1. The van der Waals surface area contributed by atoms with Crippen LogP contribution >= 0.6 is 0 Å². The van der Waals surface area contributed by atoms with E-state index in [9.17, 15) is 4.79 Å². The lowest BCUT2D eigenvalue weighted by atomic mass is 9.95. The molecule has 1 amide bonds. The topological polar surface area (TPSA) is 32.3 Å². The Balaban J connectivity index is 1.55. The van der Waals surface area contributed by atoms with Crippen molar-refractivity contribution in [3.63, 3.8) is 0 Å². The minimum atomic E-state index is 0.281. The molecule has 0 atom stereocenters. The van der Waals surface area contributed by atoms with Gasteiger partial charge in [0.2, 0.25) is 5.91 Å². The number of carbonyl (C=O) groups excluding carboxylic acids is 1. The highest BCUT2D eigenvalue weighted by molar-refractivity contribution is 5.75. The average Bonchev–Trinajstić information content (AvgIpc) is 2.96. The van der Waals surface area contributed by atoms with Crippen molar-refractivity contribution in [1.82, 2.24) is 10.2 Å². The van der Waals surface area contributed by atoms with Crippen LogP contribution in [0.15, 0.2) is 0 Å². The molecule has 0 spiro atoms. The SMILES string of the molecule is CC(C)N1CCC(CNC(=O)CCC2CCCC2)CC1. The lowest BCUT2D eigenvalue weighted by Crippen LogP contribution is -2.41. The van der Waals surface area contributed by atoms with E-state index in [1.54, 1.807) is 0 Å². The van der Waals surface area contributed by atoms with Gasteiger partial charge in [-0.2, -0.15) is 0 Å². The van der Waals surface area contributed by atoms with Crippen LogP contribution in [0.2, 0.25) is 0 Å². The van der Waals surface area contributed by atoms with Crippen molar-refractivity contribution in [2.75, 3.05) is 19.6 Å². The van der Waals surface area contributed by atoms with Gasteiger partial charge in [-0.25, -0.2) is 0 Å². The Morgan fingerprint density at radius 1 is 1.10 bits per heavy atom. The molecule has 1 saturated carbocycles. The molecule has 2 fully saturated rings. The van der Waals surface area contributed by atoms with E-state index in [4.69, 9.17) is 0 Å². The van der Waals surface area contributed by atoms with Crippen molar-refractivity contribution in [3.05, 3.63) is 0 Å². The van der Waals surface area contributed by atoms with Gasteiger partial charge in [0.05, 0.1) is 0 Å². The summed E-state index contributed by atoms with van der Waals surface area (Å²) in [5.74, 6) is 1.80. The Kier molecular flexibility index (Phi) is 6.34. The Morgan fingerprint density at radius 2 is 1.75 bits per heavy atom. The van der Waals surface area contributed by atoms with Crippen molar-refractivity contribution in [1.29, 1.82) is 0 Å². The van der Waals surface area contributed by atoms with Gasteiger partial charge in [-0.1, -0.05) is 25.7 Å². The monoisotopic (exact) mass is 280 g/mol. The van der Waals surface area contributed by atoms with Gasteiger partial charge in [0, 0.05) is 19.0 Å². The third kappa shape index (κ3) is 5.08. The number of carbonyl (C=O) groups is 1. The molecule has 0 aromatic heterocycles. The Morgan fingerprint density at radius 3 is 2.35 bits per heavy atom. The van der Waals surface area contributed by atoms with E-state index in [1.807, 2.05) is 0 Å². The molecule has 116 valence electrons. The van der Waals surface area contributed by atoms with E-state index in [-0.39, 0.29) is 5.91 Å². The number of amides is 1. The van der Waals surface area contributed by atoms with Crippen molar-refractivity contribution in [2.45, 2.75) is 71.3 Å². The van der Waals surface area contributed by atoms with E-state index in [1.165, 1.54) is 51.6 Å². The standard InChI is InChI=1S/C17H32N2O/c1-14(2)19-11-9-16(10-12-19)13-18-17(20)8-7-15-5-3-4-6-15/h14-16H,3-13H2,1-2H3,(H,18,20). The summed E-state index contributed by atoms with van der Waals surface area (Å²) in [5.41, 5.74) is 0. The number of hydrogen-bond donors (Lipinski definition) is 1. The Bertz CT molecular complexity index is 289. The summed E-state index contributed by atoms with van der Waals surface area (Å²) >= 11 is 0. The molecule has 0 unspecified atom stereocenters. The number of piperidine rings is 1. The van der Waals surface area contributed by atoms with Gasteiger partial charge >= 0.3 is 0 Å². The molecule has 20 heavy (non-hydrogen) atoms. The van der Waals surface area contributed by atoms with Gasteiger partial charge in [0.15, 0.2) is 0 Å². The molecule has 0 bridgehead atoms. The van der Waals surface area contributed by atoms with Gasteiger partial charge < -0.3 is 10.2 Å². The van der Waals surface area contributed by atoms with E-state index >= 15 is 0 Å². The predicted octanol–water partition coefficient (Wildman–Crippen LogP) is 3.19. The summed E-state index contributed by atoms with van der Waals surface area (Å²) in [6, 6.07) is 0.664. The molecule has 1 aliphatic heterocycles. The fourth-order valence-electron chi connectivity index (χ4n) is 3.65. The van der Waals surface area contributed by atoms with Crippen molar-refractivity contribution in [3.8, 4) is 0 Å². The van der Waals surface area contributed by atoms with Crippen molar-refractivity contribution in [2.24, 2.45) is 11.8 Å². The smallest absolute Gasteiger partial charge is 0.220 e. The molecule has 2 aliphatic rings. The van der Waals surface area contributed by atoms with Crippen LogP contribution in [-0.2, 0) is 4.79 Å². The zero-order chi connectivity index (χ0) is 14.4. The average molecular weight is 280 g/mol. The van der Waals surface area contributed by atoms with Crippen LogP contribution in [0, 0.1) is 11.8 Å². The fourth-order valence-corrected chi connectivity index (χ4v) is 3.65. The molecular weight excluding hydrogens is 248 g/mol. The van der Waals surface area contributed by atoms with Gasteiger partial charge in [-0.3, -0.25) is 4.79 Å². The minimum Gasteiger partial charge on any atom is -0.356 e. The molecule has 0 aromatic rings. The van der Waals surface area contributed by atoms with E-state index in [0.29, 0.717) is 12.0 Å². The first-order valence-corrected chi connectivity index (χ1v) is 8.66. The first-order valence-electron chi connectivity index (χ1n) is 8.66. The lowest BCUT2D eigenvalue weighted by Gasteiger charge is -2.34. The quantitative estimate of drug-likeness (QED) is 0.810. The zero-order valence-electron chi connectivity index (χ0n) is 13.4. The van der Waals surface area contributed by atoms with Gasteiger partial charge in [-0.05, 0) is 58.0 Å². The summed E-state index contributed by atoms with van der Waals surface area (Å²) in [4.78, 5) is 14.4. The predicted molar refractivity (Wildman–Crippen MR) is 83.6 cm³/mol. The Hall–Kier alpha value is -0.570. The summed E-state index contributed by atoms with van der Waals surface area (Å²) in [6.45, 7) is 7.83. The number of rotatable bonds is 6. The van der Waals surface area contributed by atoms with Crippen LogP contribution in [0.25, 0.3) is 0 Å². The summed E-state index contributed by atoms with van der Waals surface area (Å²) < 4.78 is 0. The maximum atomic E-state index is 11.9. The largest absolute Gasteiger partial charge is 0.356 e. The van der Waals surface area contributed by atoms with Crippen LogP contribution in [0.3, 0.4) is 0 Å². The highest BCUT2D eigenvalue weighted by Gasteiger charge is 2.21. The molecule has 3 heteroatoms. The second-order valence-corrected chi connectivity index (χ2v) is 7.07. The molecule has 2 rings (SSSR count). The highest BCUT2D eigenvalue weighted by Crippen LogP contribution is 2.28. The second kappa shape index (κ2) is 8.02. The van der Waals surface area contributed by atoms with E-state index in [2.05, 4.69) is 24.1 Å². The summed E-state index contributed by atoms with van der Waals surface area (Å²) in [6.07, 6.45) is 9.78. The molecule has 3 nitrogen and oxygen atoms in total. The maximum Gasteiger partial charge on any atom is 0.220 e. The maximum absolute atomic E-state index is 11.9. The third-order valence-electron chi connectivity index (χ3n) is 5.22. The van der Waals surface area contributed by atoms with E-state index < -0.39 is 0 Å². The molecule has 1 heterocycles. The molecule has 1 saturated heterocycles. The van der Waals surface area contributed by atoms with Gasteiger partial charge in [0.25, 0.3) is 0 Å². The number of hydrogen-bond acceptors (Lipinski definition) is 2. The van der Waals surface area contributed by atoms with Gasteiger partial charge in [0.1, 0.15) is 0 Å².